The lowest BCUT2D eigenvalue weighted by Gasteiger charge is -2.12. The van der Waals surface area contributed by atoms with Crippen LogP contribution >= 0.6 is 23.2 Å². The van der Waals surface area contributed by atoms with Crippen molar-refractivity contribution in [1.82, 2.24) is 15.8 Å². The van der Waals surface area contributed by atoms with Crippen molar-refractivity contribution < 1.29 is 9.90 Å². The van der Waals surface area contributed by atoms with Crippen LogP contribution in [0.3, 0.4) is 0 Å². The molecule has 1 atom stereocenters. The Morgan fingerprint density at radius 2 is 1.86 bits per heavy atom. The van der Waals surface area contributed by atoms with Crippen molar-refractivity contribution in [2.24, 2.45) is 0 Å². The third-order valence-electron chi connectivity index (χ3n) is 4.87. The molecule has 0 bridgehead atoms. The smallest absolute Gasteiger partial charge is 0.345 e. The van der Waals surface area contributed by atoms with Crippen LogP contribution in [0.2, 0.25) is 5.02 Å². The summed E-state index contributed by atoms with van der Waals surface area (Å²) >= 11 is 12.2. The molecule has 29 heavy (non-hydrogen) atoms. The average molecular weight is 430 g/mol. The predicted octanol–water partition coefficient (Wildman–Crippen LogP) is 3.79. The van der Waals surface area contributed by atoms with Gasteiger partial charge in [-0.05, 0) is 59.7 Å². The molecule has 0 spiro atoms. The van der Waals surface area contributed by atoms with Crippen LogP contribution in [0, 0.1) is 0 Å². The number of hydrogen-bond donors (Lipinski definition) is 4. The number of carboxylic acids is 1. The molecule has 1 aliphatic rings. The molecule has 0 radical (unpaired) electrons. The minimum atomic E-state index is -1.66. The van der Waals surface area contributed by atoms with Gasteiger partial charge in [-0.15, -0.1) is 0 Å². The minimum absolute atomic E-state index is 0.197. The maximum atomic E-state index is 12.7. The normalized spacial score (nSPS) is 18.5. The van der Waals surface area contributed by atoms with Crippen molar-refractivity contribution >= 4 is 40.1 Å². The van der Waals surface area contributed by atoms with E-state index in [4.69, 9.17) is 23.2 Å². The summed E-state index contributed by atoms with van der Waals surface area (Å²) in [6.07, 6.45) is 2.51. The second-order valence-corrected chi connectivity index (χ2v) is 7.87. The molecule has 8 heteroatoms. The van der Waals surface area contributed by atoms with Gasteiger partial charge >= 0.3 is 5.97 Å². The Hall–Kier alpha value is -2.80. The molecule has 4 N–H and O–H groups in total. The van der Waals surface area contributed by atoms with E-state index in [0.717, 1.165) is 22.0 Å². The van der Waals surface area contributed by atoms with E-state index < -0.39 is 11.0 Å². The van der Waals surface area contributed by atoms with E-state index in [1.54, 1.807) is 12.1 Å². The van der Waals surface area contributed by atoms with Gasteiger partial charge in [-0.1, -0.05) is 47.5 Å². The number of halogens is 2. The van der Waals surface area contributed by atoms with E-state index in [1.807, 2.05) is 36.4 Å². The number of pyridine rings is 1. The lowest BCUT2D eigenvalue weighted by atomic mass is 9.96. The second kappa shape index (κ2) is 7.55. The highest BCUT2D eigenvalue weighted by molar-refractivity contribution is 6.35. The fourth-order valence-electron chi connectivity index (χ4n) is 3.37. The number of alkyl halides is 1. The van der Waals surface area contributed by atoms with Crippen molar-refractivity contribution in [2.75, 3.05) is 0 Å². The van der Waals surface area contributed by atoms with Crippen molar-refractivity contribution in [2.45, 2.75) is 17.8 Å². The van der Waals surface area contributed by atoms with Crippen molar-refractivity contribution in [1.29, 1.82) is 0 Å². The largest absolute Gasteiger partial charge is 0.479 e. The van der Waals surface area contributed by atoms with E-state index in [0.29, 0.717) is 29.1 Å². The maximum absolute atomic E-state index is 12.7. The van der Waals surface area contributed by atoms with Crippen molar-refractivity contribution in [3.63, 3.8) is 0 Å². The highest BCUT2D eigenvalue weighted by Gasteiger charge is 2.38. The first-order valence-corrected chi connectivity index (χ1v) is 9.69. The minimum Gasteiger partial charge on any atom is -0.479 e. The molecular formula is C21H17Cl2N3O3. The zero-order valence-electron chi connectivity index (χ0n) is 15.1. The third-order valence-corrected chi connectivity index (χ3v) is 5.47. The molecule has 148 valence electrons. The number of carbonyl (C=O) groups is 1. The van der Waals surface area contributed by atoms with Gasteiger partial charge in [0, 0.05) is 21.8 Å². The number of H-pyrrole nitrogens is 1. The number of allylic oxidation sites excluding steroid dienone is 1. The maximum Gasteiger partial charge on any atom is 0.345 e. The summed E-state index contributed by atoms with van der Waals surface area (Å²) in [5.74, 6) is -1.18. The highest BCUT2D eigenvalue weighted by atomic mass is 35.5. The quantitative estimate of drug-likeness (QED) is 0.365. The molecule has 4 rings (SSSR count). The molecule has 0 saturated heterocycles. The highest BCUT2D eigenvalue weighted by Crippen LogP contribution is 2.29. The Morgan fingerprint density at radius 1 is 1.07 bits per heavy atom. The Kier molecular flexibility index (Phi) is 5.08. The zero-order chi connectivity index (χ0) is 20.6. The molecule has 0 aliphatic carbocycles. The van der Waals surface area contributed by atoms with E-state index >= 15 is 0 Å². The molecule has 2 aromatic carbocycles. The lowest BCUT2D eigenvalue weighted by molar-refractivity contribution is -0.139. The number of aromatic amines is 1. The van der Waals surface area contributed by atoms with Crippen LogP contribution in [-0.4, -0.2) is 21.1 Å². The number of aromatic nitrogens is 1. The number of fused-ring (bicyclic) bond motifs is 1. The first kappa shape index (κ1) is 19.5. The molecule has 0 saturated carbocycles. The summed E-state index contributed by atoms with van der Waals surface area (Å²) < 4.78 is 0. The summed E-state index contributed by atoms with van der Waals surface area (Å²) in [5, 5.41) is 10.6. The van der Waals surface area contributed by atoms with Crippen molar-refractivity contribution in [3.05, 3.63) is 81.2 Å². The van der Waals surface area contributed by atoms with Gasteiger partial charge in [-0.25, -0.2) is 10.2 Å². The fourth-order valence-corrected chi connectivity index (χ4v) is 3.72. The van der Waals surface area contributed by atoms with Crippen LogP contribution in [0.4, 0.5) is 0 Å². The van der Waals surface area contributed by atoms with Gasteiger partial charge in [0.25, 0.3) is 5.56 Å². The topological polar surface area (TPSA) is 94.2 Å². The van der Waals surface area contributed by atoms with Gasteiger partial charge in [-0.3, -0.25) is 4.79 Å². The van der Waals surface area contributed by atoms with Gasteiger partial charge in [0.15, 0.2) is 0 Å². The van der Waals surface area contributed by atoms with E-state index in [1.165, 1.54) is 6.08 Å². The third kappa shape index (κ3) is 3.87. The number of benzene rings is 2. The number of hydrazine groups is 1. The SMILES string of the molecule is O=C(O)C1(Cl)C=C(CCc2ccc(Cl)cc2-c2cc3ccccc3[nH]c2=O)NN1. The van der Waals surface area contributed by atoms with Crippen LogP contribution in [-0.2, 0) is 11.2 Å². The molecule has 6 nitrogen and oxygen atoms in total. The predicted molar refractivity (Wildman–Crippen MR) is 114 cm³/mol. The van der Waals surface area contributed by atoms with Crippen molar-refractivity contribution in [3.8, 4) is 11.1 Å². The Labute approximate surface area is 176 Å². The number of nitrogens with one attached hydrogen (secondary N) is 3. The van der Waals surface area contributed by atoms with E-state index in [2.05, 4.69) is 15.8 Å². The molecule has 3 aromatic rings. The monoisotopic (exact) mass is 429 g/mol. The summed E-state index contributed by atoms with van der Waals surface area (Å²) in [4.78, 5) is 25.2. The first-order chi connectivity index (χ1) is 13.9. The van der Waals surface area contributed by atoms with Gasteiger partial charge < -0.3 is 15.5 Å². The number of aliphatic carboxylic acids is 1. The Balaban J connectivity index is 1.68. The molecule has 1 unspecified atom stereocenters. The standard InChI is InChI=1S/C21H17Cl2N3O3/c22-14-7-5-12(6-8-15-11-21(23,20(28)29)26-25-15)16(10-14)17-9-13-3-1-2-4-18(13)24-19(17)27/h1-5,7,9-11,25-26H,6,8H2,(H,24,27)(H,28,29). The molecule has 0 fully saturated rings. The molecule has 2 heterocycles. The zero-order valence-corrected chi connectivity index (χ0v) is 16.6. The fraction of sp³-hybridized carbons (Fsp3) is 0.143. The Morgan fingerprint density at radius 3 is 2.62 bits per heavy atom. The summed E-state index contributed by atoms with van der Waals surface area (Å²) in [6, 6.07) is 14.8. The number of aryl methyl sites for hydroxylation is 1. The number of hydrogen-bond acceptors (Lipinski definition) is 4. The number of rotatable bonds is 5. The molecule has 1 aliphatic heterocycles. The van der Waals surface area contributed by atoms with E-state index in [-0.39, 0.29) is 5.56 Å². The first-order valence-electron chi connectivity index (χ1n) is 8.94. The second-order valence-electron chi connectivity index (χ2n) is 6.84. The van der Waals surface area contributed by atoms with Crippen LogP contribution in [0.15, 0.2) is 65.1 Å². The summed E-state index contributed by atoms with van der Waals surface area (Å²) in [5.41, 5.74) is 8.78. The van der Waals surface area contributed by atoms with Crippen LogP contribution < -0.4 is 16.4 Å². The van der Waals surface area contributed by atoms with Gasteiger partial charge in [0.05, 0.1) is 0 Å². The lowest BCUT2D eigenvalue weighted by Crippen LogP contribution is -2.46. The summed E-state index contributed by atoms with van der Waals surface area (Å²) in [7, 11) is 0. The van der Waals surface area contributed by atoms with Gasteiger partial charge in [0.2, 0.25) is 5.00 Å². The summed E-state index contributed by atoms with van der Waals surface area (Å²) in [6.45, 7) is 0. The van der Waals surface area contributed by atoms with Crippen LogP contribution in [0.25, 0.3) is 22.0 Å². The average Bonchev–Trinajstić information content (AvgIpc) is 3.09. The van der Waals surface area contributed by atoms with Crippen LogP contribution in [0.1, 0.15) is 12.0 Å². The van der Waals surface area contributed by atoms with Crippen LogP contribution in [0.5, 0.6) is 0 Å². The Bertz CT molecular complexity index is 1210. The number of para-hydroxylation sites is 1. The molecule has 1 aromatic heterocycles. The van der Waals surface area contributed by atoms with E-state index in [9.17, 15) is 14.7 Å². The number of carboxylic acid groups (broad SMARTS) is 1. The van der Waals surface area contributed by atoms with Gasteiger partial charge in [0.1, 0.15) is 0 Å². The molecular weight excluding hydrogens is 413 g/mol. The van der Waals surface area contributed by atoms with Gasteiger partial charge in [-0.2, -0.15) is 0 Å². The molecule has 0 amide bonds.